The summed E-state index contributed by atoms with van der Waals surface area (Å²) >= 11 is 0. The average Bonchev–Trinajstić information content (AvgIpc) is 2.89. The van der Waals surface area contributed by atoms with Crippen molar-refractivity contribution in [2.24, 2.45) is 0 Å². The maximum Gasteiger partial charge on any atom is 0.410 e. The molecule has 0 saturated heterocycles. The molecule has 0 bridgehead atoms. The van der Waals surface area contributed by atoms with Gasteiger partial charge in [0.05, 0.1) is 18.2 Å². The number of nitrogens with one attached hydrogen (secondary N) is 1. The van der Waals surface area contributed by atoms with E-state index in [4.69, 9.17) is 19.5 Å². The summed E-state index contributed by atoms with van der Waals surface area (Å²) in [6.45, 7) is 0.0873. The fourth-order valence-electron chi connectivity index (χ4n) is 4.00. The number of hydrogen-bond acceptors (Lipinski definition) is 7. The Hall–Kier alpha value is -3.86. The van der Waals surface area contributed by atoms with Crippen LogP contribution < -0.4 is 5.32 Å². The van der Waals surface area contributed by atoms with Gasteiger partial charge in [0.15, 0.2) is 0 Å². The van der Waals surface area contributed by atoms with E-state index in [-0.39, 0.29) is 25.4 Å². The molecule has 8 heteroatoms. The Balaban J connectivity index is 1.63. The smallest absolute Gasteiger partial charge is 0.410 e. The van der Waals surface area contributed by atoms with E-state index in [2.05, 4.69) is 5.32 Å². The molecule has 184 valence electrons. The third kappa shape index (κ3) is 8.14. The lowest BCUT2D eigenvalue weighted by Crippen LogP contribution is -2.48. The number of carbonyl (C=O) groups excluding carboxylic acids is 3. The molecule has 1 atom stereocenters. The first kappa shape index (κ1) is 25.8. The fourth-order valence-corrected chi connectivity index (χ4v) is 4.00. The molecule has 8 nitrogen and oxygen atoms in total. The average molecular weight is 479 g/mol. The van der Waals surface area contributed by atoms with Crippen LogP contribution in [0, 0.1) is 11.3 Å². The number of hydrogen-bond donors (Lipinski definition) is 1. The van der Waals surface area contributed by atoms with Gasteiger partial charge in [-0.1, -0.05) is 55.0 Å². The molecule has 2 aromatic carbocycles. The van der Waals surface area contributed by atoms with E-state index in [1.54, 1.807) is 60.7 Å². The molecule has 1 N–H and O–H groups in total. The minimum Gasteiger partial charge on any atom is -0.457 e. The number of amides is 1. The van der Waals surface area contributed by atoms with Crippen molar-refractivity contribution >= 4 is 18.0 Å². The van der Waals surface area contributed by atoms with E-state index in [1.165, 1.54) is 0 Å². The number of nitrogens with zero attached hydrogens (tertiary/aromatic N) is 1. The summed E-state index contributed by atoms with van der Waals surface area (Å²) in [5.74, 6) is -1.00. The quantitative estimate of drug-likeness (QED) is 0.283. The highest BCUT2D eigenvalue weighted by atomic mass is 16.7. The molecule has 1 amide bonds. The van der Waals surface area contributed by atoms with Gasteiger partial charge < -0.3 is 19.5 Å². The van der Waals surface area contributed by atoms with E-state index in [0.29, 0.717) is 30.4 Å². The van der Waals surface area contributed by atoms with Gasteiger partial charge in [-0.05, 0) is 44.2 Å². The Morgan fingerprint density at radius 1 is 0.943 bits per heavy atom. The molecule has 1 saturated carbocycles. The lowest BCUT2D eigenvalue weighted by atomic mass is 9.84. The van der Waals surface area contributed by atoms with Crippen molar-refractivity contribution in [3.63, 3.8) is 0 Å². The zero-order valence-electron chi connectivity index (χ0n) is 19.6. The number of ether oxygens (including phenoxy) is 3. The summed E-state index contributed by atoms with van der Waals surface area (Å²) in [4.78, 5) is 37.6. The van der Waals surface area contributed by atoms with Gasteiger partial charge in [0.25, 0.3) is 6.29 Å². The number of alkyl carbamates (subject to hydrolysis) is 1. The van der Waals surface area contributed by atoms with Crippen LogP contribution in [-0.2, 0) is 19.0 Å². The van der Waals surface area contributed by atoms with E-state index >= 15 is 0 Å². The standard InChI is InChI=1S/C27H30N2O6/c28-19-11-8-16-23(30)35-27(17-9-3-10-18-27)20-29-26(32)34-25(22-14-6-2-7-15-22)33-24(31)21-12-4-1-5-13-21/h1-2,4-7,12-15,25H,3,8-11,16-18,20H2,(H,29,32). The minimum atomic E-state index is -1.25. The van der Waals surface area contributed by atoms with Crippen molar-refractivity contribution in [1.29, 1.82) is 5.26 Å². The molecule has 0 heterocycles. The fraction of sp³-hybridized carbons (Fsp3) is 0.407. The zero-order chi connectivity index (χ0) is 24.9. The topological polar surface area (TPSA) is 115 Å². The predicted octanol–water partition coefficient (Wildman–Crippen LogP) is 5.21. The number of rotatable bonds is 10. The molecular formula is C27H30N2O6. The molecule has 0 aliphatic heterocycles. The lowest BCUT2D eigenvalue weighted by Gasteiger charge is -2.36. The number of unbranched alkanes of at least 4 members (excludes halogenated alkanes) is 1. The highest BCUT2D eigenvalue weighted by molar-refractivity contribution is 5.89. The first-order valence-electron chi connectivity index (χ1n) is 11.9. The van der Waals surface area contributed by atoms with Gasteiger partial charge in [0, 0.05) is 18.4 Å². The maximum atomic E-state index is 12.7. The van der Waals surface area contributed by atoms with Crippen LogP contribution >= 0.6 is 0 Å². The second-order valence-electron chi connectivity index (χ2n) is 8.50. The predicted molar refractivity (Wildman–Crippen MR) is 127 cm³/mol. The molecule has 1 fully saturated rings. The summed E-state index contributed by atoms with van der Waals surface area (Å²) < 4.78 is 16.8. The van der Waals surface area contributed by atoms with Crippen molar-refractivity contribution < 1.29 is 28.6 Å². The first-order chi connectivity index (χ1) is 17.0. The summed E-state index contributed by atoms with van der Waals surface area (Å²) in [7, 11) is 0. The van der Waals surface area contributed by atoms with E-state index in [1.807, 2.05) is 6.07 Å². The monoisotopic (exact) mass is 478 g/mol. The van der Waals surface area contributed by atoms with Crippen molar-refractivity contribution in [2.75, 3.05) is 6.54 Å². The van der Waals surface area contributed by atoms with Gasteiger partial charge in [-0.25, -0.2) is 9.59 Å². The van der Waals surface area contributed by atoms with Crippen LogP contribution in [0.25, 0.3) is 0 Å². The Bertz CT molecular complexity index is 1010. The normalized spacial score (nSPS) is 15.2. The molecule has 35 heavy (non-hydrogen) atoms. The molecule has 0 radical (unpaired) electrons. The number of esters is 2. The van der Waals surface area contributed by atoms with Crippen molar-refractivity contribution in [1.82, 2.24) is 5.32 Å². The Morgan fingerprint density at radius 2 is 1.60 bits per heavy atom. The molecule has 2 aromatic rings. The molecular weight excluding hydrogens is 448 g/mol. The summed E-state index contributed by atoms with van der Waals surface area (Å²) in [5.41, 5.74) is 0.0226. The largest absolute Gasteiger partial charge is 0.457 e. The van der Waals surface area contributed by atoms with Crippen LogP contribution in [0.2, 0.25) is 0 Å². The second-order valence-corrected chi connectivity index (χ2v) is 8.50. The third-order valence-electron chi connectivity index (χ3n) is 5.83. The highest BCUT2D eigenvalue weighted by Crippen LogP contribution is 2.32. The van der Waals surface area contributed by atoms with Gasteiger partial charge in [-0.3, -0.25) is 4.79 Å². The maximum absolute atomic E-state index is 12.7. The van der Waals surface area contributed by atoms with E-state index in [0.717, 1.165) is 19.3 Å². The van der Waals surface area contributed by atoms with Crippen molar-refractivity contribution in [3.8, 4) is 6.07 Å². The summed E-state index contributed by atoms with van der Waals surface area (Å²) in [5, 5.41) is 11.4. The van der Waals surface area contributed by atoms with Crippen molar-refractivity contribution in [2.45, 2.75) is 63.3 Å². The van der Waals surface area contributed by atoms with Crippen LogP contribution in [0.1, 0.15) is 73.6 Å². The van der Waals surface area contributed by atoms with Crippen LogP contribution in [0.3, 0.4) is 0 Å². The number of nitriles is 1. The highest BCUT2D eigenvalue weighted by Gasteiger charge is 2.36. The van der Waals surface area contributed by atoms with Gasteiger partial charge in [0.1, 0.15) is 5.60 Å². The van der Waals surface area contributed by atoms with Crippen LogP contribution in [0.5, 0.6) is 0 Å². The van der Waals surface area contributed by atoms with Crippen LogP contribution in [-0.4, -0.2) is 30.2 Å². The SMILES string of the molecule is N#CCCCC(=O)OC1(CNC(=O)OC(OC(=O)c2ccccc2)c2ccccc2)CCCCC1. The van der Waals surface area contributed by atoms with Crippen molar-refractivity contribution in [3.05, 3.63) is 71.8 Å². The van der Waals surface area contributed by atoms with Gasteiger partial charge in [-0.15, -0.1) is 0 Å². The number of carbonyl (C=O) groups is 3. The molecule has 0 spiro atoms. The van der Waals surface area contributed by atoms with E-state index < -0.39 is 24.0 Å². The summed E-state index contributed by atoms with van der Waals surface area (Å²) in [6, 6.07) is 19.2. The van der Waals surface area contributed by atoms with Crippen LogP contribution in [0.15, 0.2) is 60.7 Å². The lowest BCUT2D eigenvalue weighted by molar-refractivity contribution is -0.163. The summed E-state index contributed by atoms with van der Waals surface area (Å²) in [6.07, 6.45) is 2.89. The Labute approximate surface area is 205 Å². The number of benzene rings is 2. The Kier molecular flexibility index (Phi) is 9.67. The minimum absolute atomic E-state index is 0.0873. The first-order valence-corrected chi connectivity index (χ1v) is 11.9. The molecule has 3 rings (SSSR count). The zero-order valence-corrected chi connectivity index (χ0v) is 19.6. The molecule has 1 aliphatic rings. The van der Waals surface area contributed by atoms with Gasteiger partial charge in [0.2, 0.25) is 0 Å². The Morgan fingerprint density at radius 3 is 2.26 bits per heavy atom. The second kappa shape index (κ2) is 13.1. The van der Waals surface area contributed by atoms with Crippen LogP contribution in [0.4, 0.5) is 4.79 Å². The molecule has 1 unspecified atom stereocenters. The van der Waals surface area contributed by atoms with Gasteiger partial charge >= 0.3 is 18.0 Å². The molecule has 0 aromatic heterocycles. The third-order valence-corrected chi connectivity index (χ3v) is 5.83. The molecule has 1 aliphatic carbocycles. The van der Waals surface area contributed by atoms with Gasteiger partial charge in [-0.2, -0.15) is 5.26 Å². The van der Waals surface area contributed by atoms with E-state index in [9.17, 15) is 14.4 Å².